The first-order valence-electron chi connectivity index (χ1n) is 11.0. The molecule has 0 aliphatic heterocycles. The van der Waals surface area contributed by atoms with E-state index in [4.69, 9.17) is 13.9 Å². The number of ketones is 1. The Kier molecular flexibility index (Phi) is 9.29. The highest BCUT2D eigenvalue weighted by atomic mass is 32.1. The zero-order valence-electron chi connectivity index (χ0n) is 19.1. The Labute approximate surface area is 197 Å². The fourth-order valence-electron chi connectivity index (χ4n) is 2.96. The number of hydrogen-bond acceptors (Lipinski definition) is 8. The van der Waals surface area contributed by atoms with Gasteiger partial charge >= 0.3 is 0 Å². The molecule has 176 valence electrons. The molecular weight excluding hydrogens is 442 g/mol. The summed E-state index contributed by atoms with van der Waals surface area (Å²) in [7, 11) is 0. The number of nitrogens with zero attached hydrogens (tertiary/aromatic N) is 2. The van der Waals surface area contributed by atoms with Crippen LogP contribution < -0.4 is 5.32 Å². The predicted octanol–water partition coefficient (Wildman–Crippen LogP) is 5.36. The molecule has 0 atom stereocenters. The Balaban J connectivity index is 1.73. The van der Waals surface area contributed by atoms with Crippen molar-refractivity contribution in [2.24, 2.45) is 0 Å². The third-order valence-corrected chi connectivity index (χ3v) is 5.55. The van der Waals surface area contributed by atoms with Crippen molar-refractivity contribution in [2.45, 2.75) is 52.7 Å². The fraction of sp³-hybridized carbons (Fsp3) is 0.417. The van der Waals surface area contributed by atoms with Crippen LogP contribution in [-0.2, 0) is 16.1 Å². The summed E-state index contributed by atoms with van der Waals surface area (Å²) >= 11 is 1.14. The van der Waals surface area contributed by atoms with Crippen LogP contribution in [0.1, 0.15) is 65.8 Å². The van der Waals surface area contributed by atoms with E-state index in [2.05, 4.69) is 15.3 Å². The number of nitrogens with one attached hydrogen (secondary N) is 1. The van der Waals surface area contributed by atoms with Crippen molar-refractivity contribution >= 4 is 28.2 Å². The van der Waals surface area contributed by atoms with E-state index in [0.29, 0.717) is 65.4 Å². The lowest BCUT2D eigenvalue weighted by Gasteiger charge is -2.08. The molecule has 3 rings (SSSR count). The minimum Gasteiger partial charge on any atom is -0.463 e. The Morgan fingerprint density at radius 2 is 2.09 bits per heavy atom. The fourth-order valence-corrected chi connectivity index (χ4v) is 3.89. The predicted molar refractivity (Wildman–Crippen MR) is 127 cm³/mol. The van der Waals surface area contributed by atoms with Gasteiger partial charge in [-0.2, -0.15) is 0 Å². The summed E-state index contributed by atoms with van der Waals surface area (Å²) in [6.07, 6.45) is 5.05. The number of Topliss-reactive ketones (excluding diaryl/α,β-unsaturated/α-hetero) is 1. The molecule has 0 unspecified atom stereocenters. The van der Waals surface area contributed by atoms with Gasteiger partial charge in [-0.15, -0.1) is 0 Å². The van der Waals surface area contributed by atoms with E-state index in [1.54, 1.807) is 30.5 Å². The molecule has 1 amide bonds. The van der Waals surface area contributed by atoms with Crippen molar-refractivity contribution in [3.63, 3.8) is 0 Å². The van der Waals surface area contributed by atoms with Crippen LogP contribution in [0.25, 0.3) is 11.5 Å². The quantitative estimate of drug-likeness (QED) is 0.264. The Morgan fingerprint density at radius 1 is 1.24 bits per heavy atom. The molecule has 0 radical (unpaired) electrons. The minimum absolute atomic E-state index is 0.0588. The zero-order chi connectivity index (χ0) is 23.6. The van der Waals surface area contributed by atoms with Gasteiger partial charge in [-0.3, -0.25) is 19.9 Å². The van der Waals surface area contributed by atoms with Gasteiger partial charge in [-0.25, -0.2) is 4.98 Å². The highest BCUT2D eigenvalue weighted by Crippen LogP contribution is 2.33. The van der Waals surface area contributed by atoms with E-state index in [1.807, 2.05) is 20.8 Å². The van der Waals surface area contributed by atoms with Crippen molar-refractivity contribution in [3.05, 3.63) is 52.9 Å². The van der Waals surface area contributed by atoms with Gasteiger partial charge in [0, 0.05) is 31.4 Å². The molecule has 0 spiro atoms. The molecule has 1 N–H and O–H groups in total. The SMILES string of the molecule is CCCOCCCC(=O)c1sc(NC(=O)c2ccnc(COC(C)C)c2)nc1-c1ccco1. The molecule has 0 saturated carbocycles. The van der Waals surface area contributed by atoms with E-state index >= 15 is 0 Å². The monoisotopic (exact) mass is 471 g/mol. The lowest BCUT2D eigenvalue weighted by atomic mass is 10.1. The summed E-state index contributed by atoms with van der Waals surface area (Å²) < 4.78 is 16.5. The topological polar surface area (TPSA) is 104 Å². The molecule has 0 saturated heterocycles. The second-order valence-electron chi connectivity index (χ2n) is 7.66. The normalized spacial score (nSPS) is 11.2. The highest BCUT2D eigenvalue weighted by molar-refractivity contribution is 7.18. The molecule has 0 aromatic carbocycles. The van der Waals surface area contributed by atoms with Crippen molar-refractivity contribution in [2.75, 3.05) is 18.5 Å². The molecular formula is C24H29N3O5S. The van der Waals surface area contributed by atoms with Crippen LogP contribution in [-0.4, -0.2) is 41.0 Å². The van der Waals surface area contributed by atoms with Crippen LogP contribution in [0.2, 0.25) is 0 Å². The maximum Gasteiger partial charge on any atom is 0.257 e. The zero-order valence-corrected chi connectivity index (χ0v) is 19.9. The molecule has 33 heavy (non-hydrogen) atoms. The van der Waals surface area contributed by atoms with Crippen LogP contribution in [0.3, 0.4) is 0 Å². The van der Waals surface area contributed by atoms with Crippen LogP contribution >= 0.6 is 11.3 Å². The Bertz CT molecular complexity index is 1050. The van der Waals surface area contributed by atoms with E-state index in [9.17, 15) is 9.59 Å². The first-order chi connectivity index (χ1) is 16.0. The Morgan fingerprint density at radius 3 is 2.82 bits per heavy atom. The standard InChI is InChI=1S/C24H29N3O5S/c1-4-11-30-12-5-7-19(28)22-21(20-8-6-13-31-20)26-24(33-22)27-23(29)17-9-10-25-18(14-17)15-32-16(2)3/h6,8-10,13-14,16H,4-5,7,11-12,15H2,1-3H3,(H,26,27,29). The number of ether oxygens (including phenoxy) is 2. The van der Waals surface area contributed by atoms with E-state index in [0.717, 1.165) is 17.8 Å². The first kappa shape index (κ1) is 24.8. The van der Waals surface area contributed by atoms with Gasteiger partial charge in [0.25, 0.3) is 5.91 Å². The largest absolute Gasteiger partial charge is 0.463 e. The van der Waals surface area contributed by atoms with E-state index < -0.39 is 0 Å². The van der Waals surface area contributed by atoms with Gasteiger partial charge < -0.3 is 13.9 Å². The summed E-state index contributed by atoms with van der Waals surface area (Å²) in [6.45, 7) is 7.45. The molecule has 3 heterocycles. The molecule has 0 aliphatic carbocycles. The maximum absolute atomic E-state index is 12.9. The number of furan rings is 1. The molecule has 0 fully saturated rings. The third kappa shape index (κ3) is 7.31. The van der Waals surface area contributed by atoms with E-state index in [-0.39, 0.29) is 17.8 Å². The smallest absolute Gasteiger partial charge is 0.257 e. The van der Waals surface area contributed by atoms with Gasteiger partial charge in [-0.05, 0) is 51.0 Å². The molecule has 9 heteroatoms. The van der Waals surface area contributed by atoms with Crippen molar-refractivity contribution in [1.29, 1.82) is 0 Å². The number of carbonyl (C=O) groups is 2. The molecule has 3 aromatic rings. The van der Waals surface area contributed by atoms with Gasteiger partial charge in [0.15, 0.2) is 16.7 Å². The van der Waals surface area contributed by atoms with Crippen molar-refractivity contribution < 1.29 is 23.5 Å². The van der Waals surface area contributed by atoms with E-state index in [1.165, 1.54) is 6.26 Å². The lowest BCUT2D eigenvalue weighted by Crippen LogP contribution is -2.13. The third-order valence-electron chi connectivity index (χ3n) is 4.54. The highest BCUT2D eigenvalue weighted by Gasteiger charge is 2.22. The molecule has 3 aromatic heterocycles. The van der Waals surface area contributed by atoms with Crippen LogP contribution in [0.15, 0.2) is 41.1 Å². The number of aromatic nitrogens is 2. The number of pyridine rings is 1. The lowest BCUT2D eigenvalue weighted by molar-refractivity contribution is 0.0635. The molecule has 0 bridgehead atoms. The average Bonchev–Trinajstić information content (AvgIpc) is 3.47. The maximum atomic E-state index is 12.9. The van der Waals surface area contributed by atoms with Gasteiger partial charge in [0.2, 0.25) is 0 Å². The van der Waals surface area contributed by atoms with Crippen molar-refractivity contribution in [3.8, 4) is 11.5 Å². The molecule has 0 aliphatic rings. The minimum atomic E-state index is -0.338. The van der Waals surface area contributed by atoms with Crippen LogP contribution in [0.4, 0.5) is 5.13 Å². The summed E-state index contributed by atoms with van der Waals surface area (Å²) in [5, 5.41) is 3.12. The Hall–Kier alpha value is -2.88. The van der Waals surface area contributed by atoms with Gasteiger partial charge in [-0.1, -0.05) is 18.3 Å². The summed E-state index contributed by atoms with van der Waals surface area (Å²) in [5.41, 5.74) is 1.52. The van der Waals surface area contributed by atoms with Gasteiger partial charge in [0.1, 0.15) is 10.6 Å². The van der Waals surface area contributed by atoms with Crippen LogP contribution in [0, 0.1) is 0 Å². The summed E-state index contributed by atoms with van der Waals surface area (Å²) in [5.74, 6) is 0.0841. The average molecular weight is 472 g/mol. The number of amides is 1. The number of anilines is 1. The number of hydrogen-bond donors (Lipinski definition) is 1. The van der Waals surface area contributed by atoms with Crippen LogP contribution in [0.5, 0.6) is 0 Å². The summed E-state index contributed by atoms with van der Waals surface area (Å²) in [4.78, 5) is 34.9. The first-order valence-corrected chi connectivity index (χ1v) is 11.8. The number of thiazole rings is 1. The number of rotatable bonds is 13. The van der Waals surface area contributed by atoms with Crippen molar-refractivity contribution in [1.82, 2.24) is 9.97 Å². The second kappa shape index (κ2) is 12.4. The van der Waals surface area contributed by atoms with Gasteiger partial charge in [0.05, 0.1) is 24.7 Å². The number of carbonyl (C=O) groups excluding carboxylic acids is 2. The summed E-state index contributed by atoms with van der Waals surface area (Å²) in [6, 6.07) is 6.78. The molecule has 8 nitrogen and oxygen atoms in total. The second-order valence-corrected chi connectivity index (χ2v) is 8.66.